The zero-order valence-electron chi connectivity index (χ0n) is 19.4. The Balaban J connectivity index is 1.48. The first kappa shape index (κ1) is 23.4. The fourth-order valence-corrected chi connectivity index (χ4v) is 5.94. The van der Waals surface area contributed by atoms with Gasteiger partial charge in [0, 0.05) is 24.4 Å². The zero-order chi connectivity index (χ0) is 24.6. The van der Waals surface area contributed by atoms with Gasteiger partial charge in [0.2, 0.25) is 10.0 Å². The Morgan fingerprint density at radius 2 is 1.91 bits per heavy atom. The Kier molecular flexibility index (Phi) is 6.27. The Bertz CT molecular complexity index is 1560. The molecule has 0 spiro atoms. The van der Waals surface area contributed by atoms with E-state index in [4.69, 9.17) is 9.72 Å². The van der Waals surface area contributed by atoms with Crippen LogP contribution in [-0.2, 0) is 27.8 Å². The molecule has 2 heterocycles. The molecule has 0 fully saturated rings. The van der Waals surface area contributed by atoms with Crippen LogP contribution in [0.15, 0.2) is 70.9 Å². The molecule has 6 nitrogen and oxygen atoms in total. The average molecular weight is 505 g/mol. The molecule has 0 saturated heterocycles. The number of para-hydroxylation sites is 1. The van der Waals surface area contributed by atoms with Gasteiger partial charge in [0.05, 0.1) is 21.7 Å². The van der Waals surface area contributed by atoms with Crippen LogP contribution in [0.25, 0.3) is 22.6 Å². The number of hydrogen-bond acceptors (Lipinski definition) is 6. The maximum absolute atomic E-state index is 13.4. The number of fused-ring (bicyclic) bond motifs is 2. The van der Waals surface area contributed by atoms with E-state index >= 15 is 0 Å². The van der Waals surface area contributed by atoms with Crippen LogP contribution >= 0.6 is 11.3 Å². The second-order valence-electron chi connectivity index (χ2n) is 8.53. The van der Waals surface area contributed by atoms with Crippen LogP contribution in [0.4, 0.5) is 0 Å². The van der Waals surface area contributed by atoms with Gasteiger partial charge in [-0.1, -0.05) is 36.4 Å². The molecule has 1 aliphatic carbocycles. The molecular formula is C27H24N2O4S2. The molecule has 5 rings (SSSR count). The molecule has 8 heteroatoms. The normalized spacial score (nSPS) is 14.5. The molecule has 178 valence electrons. The lowest BCUT2D eigenvalue weighted by atomic mass is 10.0. The quantitative estimate of drug-likeness (QED) is 0.329. The van der Waals surface area contributed by atoms with Crippen LogP contribution in [0.5, 0.6) is 0 Å². The minimum absolute atomic E-state index is 0.0288. The first-order valence-corrected chi connectivity index (χ1v) is 13.5. The van der Waals surface area contributed by atoms with E-state index in [1.54, 1.807) is 29.5 Å². The molecule has 35 heavy (non-hydrogen) atoms. The number of carbonyl (C=O) groups excluding carboxylic acids is 1. The number of rotatable bonds is 6. The number of carbonyl (C=O) groups is 1. The Morgan fingerprint density at radius 3 is 2.69 bits per heavy atom. The third-order valence-electron chi connectivity index (χ3n) is 6.05. The summed E-state index contributed by atoms with van der Waals surface area (Å²) in [5.74, 6) is -0.432. The van der Waals surface area contributed by atoms with Crippen LogP contribution in [-0.4, -0.2) is 37.8 Å². The minimum Gasteiger partial charge on any atom is -0.457 e. The molecule has 0 aliphatic heterocycles. The van der Waals surface area contributed by atoms with Gasteiger partial charge in [0.15, 0.2) is 0 Å². The van der Waals surface area contributed by atoms with E-state index in [0.29, 0.717) is 17.5 Å². The summed E-state index contributed by atoms with van der Waals surface area (Å²) in [6, 6.07) is 18.2. The smallest absolute Gasteiger partial charge is 0.339 e. The first-order chi connectivity index (χ1) is 16.8. The molecule has 0 N–H and O–H groups in total. The van der Waals surface area contributed by atoms with Crippen LogP contribution in [0.2, 0.25) is 0 Å². The summed E-state index contributed by atoms with van der Waals surface area (Å²) in [4.78, 5) is 19.6. The predicted molar refractivity (Wildman–Crippen MR) is 139 cm³/mol. The lowest BCUT2D eigenvalue weighted by Crippen LogP contribution is -2.22. The third kappa shape index (κ3) is 4.52. The van der Waals surface area contributed by atoms with Crippen molar-refractivity contribution in [3.8, 4) is 0 Å². The largest absolute Gasteiger partial charge is 0.457 e. The van der Waals surface area contributed by atoms with E-state index < -0.39 is 16.0 Å². The van der Waals surface area contributed by atoms with Gasteiger partial charge in [0.1, 0.15) is 6.61 Å². The van der Waals surface area contributed by atoms with E-state index in [1.807, 2.05) is 35.7 Å². The van der Waals surface area contributed by atoms with Gasteiger partial charge in [-0.15, -0.1) is 11.3 Å². The monoisotopic (exact) mass is 504 g/mol. The van der Waals surface area contributed by atoms with Gasteiger partial charge in [-0.25, -0.2) is 22.5 Å². The van der Waals surface area contributed by atoms with E-state index in [2.05, 4.69) is 12.1 Å². The summed E-state index contributed by atoms with van der Waals surface area (Å²) in [5, 5.41) is 2.80. The predicted octanol–water partition coefficient (Wildman–Crippen LogP) is 5.39. The van der Waals surface area contributed by atoms with Crippen molar-refractivity contribution in [3.05, 3.63) is 93.3 Å². The van der Waals surface area contributed by atoms with Gasteiger partial charge in [-0.05, 0) is 65.3 Å². The first-order valence-electron chi connectivity index (χ1n) is 11.2. The number of nitrogens with zero attached hydrogens (tertiary/aromatic N) is 2. The van der Waals surface area contributed by atoms with Crippen LogP contribution in [0, 0.1) is 0 Å². The Morgan fingerprint density at radius 1 is 1.09 bits per heavy atom. The number of allylic oxidation sites excluding steroid dienone is 1. The number of pyridine rings is 1. The lowest BCUT2D eigenvalue weighted by molar-refractivity contribution is 0.0473. The Hall–Kier alpha value is -3.33. The Labute approximate surface area is 208 Å². The van der Waals surface area contributed by atoms with Crippen molar-refractivity contribution in [2.75, 3.05) is 14.1 Å². The van der Waals surface area contributed by atoms with E-state index in [1.165, 1.54) is 20.2 Å². The summed E-state index contributed by atoms with van der Waals surface area (Å²) in [6.45, 7) is -0.0288. The highest BCUT2D eigenvalue weighted by Crippen LogP contribution is 2.38. The lowest BCUT2D eigenvalue weighted by Gasteiger charge is -2.14. The fraction of sp³-hybridized carbons (Fsp3) is 0.185. The van der Waals surface area contributed by atoms with E-state index in [0.717, 1.165) is 43.3 Å². The van der Waals surface area contributed by atoms with Gasteiger partial charge in [-0.3, -0.25) is 0 Å². The number of aromatic nitrogens is 1. The molecule has 4 aromatic rings. The molecular weight excluding hydrogens is 480 g/mol. The maximum atomic E-state index is 13.4. The van der Waals surface area contributed by atoms with Crippen LogP contribution in [0.3, 0.4) is 0 Å². The number of sulfonamides is 1. The van der Waals surface area contributed by atoms with Crippen molar-refractivity contribution in [1.82, 2.24) is 9.29 Å². The molecule has 2 aromatic carbocycles. The van der Waals surface area contributed by atoms with Crippen molar-refractivity contribution >= 4 is 49.9 Å². The van der Waals surface area contributed by atoms with Crippen molar-refractivity contribution in [3.63, 3.8) is 0 Å². The summed E-state index contributed by atoms with van der Waals surface area (Å²) >= 11 is 1.67. The van der Waals surface area contributed by atoms with Crippen LogP contribution < -0.4 is 0 Å². The van der Waals surface area contributed by atoms with E-state index in [9.17, 15) is 13.2 Å². The minimum atomic E-state index is -3.58. The highest BCUT2D eigenvalue weighted by atomic mass is 32.2. The number of esters is 1. The second-order valence-corrected chi connectivity index (χ2v) is 11.7. The second kappa shape index (κ2) is 9.37. The number of hydrogen-bond donors (Lipinski definition) is 0. The van der Waals surface area contributed by atoms with Gasteiger partial charge < -0.3 is 4.74 Å². The van der Waals surface area contributed by atoms with Crippen molar-refractivity contribution < 1.29 is 17.9 Å². The van der Waals surface area contributed by atoms with Crippen molar-refractivity contribution in [2.45, 2.75) is 24.3 Å². The highest BCUT2D eigenvalue weighted by molar-refractivity contribution is 7.89. The summed E-state index contributed by atoms with van der Waals surface area (Å²) in [7, 11) is -0.607. The molecule has 0 bridgehead atoms. The summed E-state index contributed by atoms with van der Waals surface area (Å²) in [5.41, 5.74) is 4.76. The SMILES string of the molecule is CN(C)S(=O)(=O)c1cccc(COC(=O)c2c3c(nc4ccccc24)C(=Cc2cccs2)CC3)c1. The van der Waals surface area contributed by atoms with Gasteiger partial charge >= 0.3 is 5.97 Å². The molecule has 0 unspecified atom stereocenters. The molecule has 1 aliphatic rings. The van der Waals surface area contributed by atoms with E-state index in [-0.39, 0.29) is 11.5 Å². The van der Waals surface area contributed by atoms with Crippen molar-refractivity contribution in [1.29, 1.82) is 0 Å². The van der Waals surface area contributed by atoms with Gasteiger partial charge in [0.25, 0.3) is 0 Å². The molecule has 0 atom stereocenters. The number of ether oxygens (including phenoxy) is 1. The zero-order valence-corrected chi connectivity index (χ0v) is 21.0. The summed E-state index contributed by atoms with van der Waals surface area (Å²) in [6.07, 6.45) is 3.66. The third-order valence-corrected chi connectivity index (χ3v) is 8.68. The standard InChI is InChI=1S/C27H24N2O4S2/c1-29(2)35(31,32)21-9-5-7-18(15-21)17-33-27(30)25-22-10-3-4-11-24(22)28-26-19(12-13-23(25)26)16-20-8-6-14-34-20/h3-11,14-16H,12-13,17H2,1-2H3. The van der Waals surface area contributed by atoms with Crippen LogP contribution in [0.1, 0.15) is 38.5 Å². The van der Waals surface area contributed by atoms with Gasteiger partial charge in [-0.2, -0.15) is 0 Å². The molecule has 0 radical (unpaired) electrons. The number of thiophene rings is 1. The maximum Gasteiger partial charge on any atom is 0.339 e. The fourth-order valence-electron chi connectivity index (χ4n) is 4.28. The number of benzene rings is 2. The summed E-state index contributed by atoms with van der Waals surface area (Å²) < 4.78 is 31.8. The van der Waals surface area contributed by atoms with Crippen molar-refractivity contribution in [2.24, 2.45) is 0 Å². The topological polar surface area (TPSA) is 76.6 Å². The average Bonchev–Trinajstić information content (AvgIpc) is 3.51. The molecule has 0 saturated carbocycles. The highest BCUT2D eigenvalue weighted by Gasteiger charge is 2.28. The molecule has 2 aromatic heterocycles. The molecule has 0 amide bonds.